The van der Waals surface area contributed by atoms with Crippen molar-refractivity contribution in [3.8, 4) is 17.2 Å². The van der Waals surface area contributed by atoms with Gasteiger partial charge in [-0.3, -0.25) is 9.59 Å². The molecule has 0 bridgehead atoms. The Morgan fingerprint density at radius 3 is 2.63 bits per heavy atom. The molecule has 1 aliphatic rings. The zero-order valence-corrected chi connectivity index (χ0v) is 20.8. The number of carbonyl (C=O) groups excluding carboxylic acids is 2. The summed E-state index contributed by atoms with van der Waals surface area (Å²) in [5.41, 5.74) is 2.52. The highest BCUT2D eigenvalue weighted by atomic mass is 32.2. The smallest absolute Gasteiger partial charge is 0.258 e. The van der Waals surface area contributed by atoms with E-state index in [1.807, 2.05) is 18.2 Å². The number of nitrogens with zero attached hydrogens (tertiary/aromatic N) is 1. The molecule has 1 aliphatic heterocycles. The lowest BCUT2D eigenvalue weighted by molar-refractivity contribution is -0.113. The zero-order chi connectivity index (χ0) is 25.0. The SMILES string of the molecule is COc1ccc(C(C)(C)C)cc1NC(=O)c1cccnc1SCC(=O)Nc1ccc2c(c1)OCO2. The number of rotatable bonds is 7. The van der Waals surface area contributed by atoms with Crippen LogP contribution < -0.4 is 24.8 Å². The number of fused-ring (bicyclic) bond motifs is 1. The normalized spacial score (nSPS) is 12.2. The number of hydrogen-bond acceptors (Lipinski definition) is 7. The van der Waals surface area contributed by atoms with Gasteiger partial charge in [0.15, 0.2) is 11.5 Å². The topological polar surface area (TPSA) is 98.8 Å². The zero-order valence-electron chi connectivity index (χ0n) is 20.0. The largest absolute Gasteiger partial charge is 0.495 e. The molecule has 8 nitrogen and oxygen atoms in total. The molecule has 182 valence electrons. The summed E-state index contributed by atoms with van der Waals surface area (Å²) in [5.74, 6) is 1.31. The Bertz CT molecular complexity index is 1260. The quantitative estimate of drug-likeness (QED) is 0.442. The standard InChI is InChI=1S/C26H27N3O5S/c1-26(2,3)16-7-9-20(32-4)19(12-16)29-24(31)18-6-5-11-27-25(18)35-14-23(30)28-17-8-10-21-22(13-17)34-15-33-21/h5-13H,14-15H2,1-4H3,(H,28,30)(H,29,31). The van der Waals surface area contributed by atoms with Crippen LogP contribution in [0.2, 0.25) is 0 Å². The van der Waals surface area contributed by atoms with Gasteiger partial charge in [0, 0.05) is 18.0 Å². The first kappa shape index (κ1) is 24.4. The van der Waals surface area contributed by atoms with Crippen molar-refractivity contribution < 1.29 is 23.8 Å². The average molecular weight is 494 g/mol. The number of hydrogen-bond donors (Lipinski definition) is 2. The minimum absolute atomic E-state index is 0.0779. The van der Waals surface area contributed by atoms with Crippen LogP contribution in [0, 0.1) is 0 Å². The van der Waals surface area contributed by atoms with E-state index < -0.39 is 0 Å². The van der Waals surface area contributed by atoms with Crippen LogP contribution in [0.3, 0.4) is 0 Å². The Labute approximate surface area is 208 Å². The van der Waals surface area contributed by atoms with Crippen LogP contribution in [0.5, 0.6) is 17.2 Å². The first-order chi connectivity index (χ1) is 16.7. The molecule has 2 aromatic carbocycles. The third-order valence-corrected chi connectivity index (χ3v) is 6.33. The summed E-state index contributed by atoms with van der Waals surface area (Å²) in [6.45, 7) is 6.47. The van der Waals surface area contributed by atoms with Crippen LogP contribution in [0.15, 0.2) is 59.8 Å². The molecule has 0 spiro atoms. The van der Waals surface area contributed by atoms with E-state index >= 15 is 0 Å². The van der Waals surface area contributed by atoms with E-state index in [0.717, 1.165) is 5.56 Å². The van der Waals surface area contributed by atoms with E-state index in [0.29, 0.717) is 39.2 Å². The molecule has 0 aliphatic carbocycles. The maximum absolute atomic E-state index is 13.2. The van der Waals surface area contributed by atoms with Gasteiger partial charge in [-0.15, -0.1) is 0 Å². The van der Waals surface area contributed by atoms with Gasteiger partial charge in [0.25, 0.3) is 5.91 Å². The van der Waals surface area contributed by atoms with E-state index in [4.69, 9.17) is 14.2 Å². The van der Waals surface area contributed by atoms with Crippen LogP contribution in [0.25, 0.3) is 0 Å². The third-order valence-electron chi connectivity index (χ3n) is 5.33. The van der Waals surface area contributed by atoms with Crippen molar-refractivity contribution in [2.45, 2.75) is 31.2 Å². The van der Waals surface area contributed by atoms with Crippen molar-refractivity contribution in [3.63, 3.8) is 0 Å². The van der Waals surface area contributed by atoms with Crippen molar-refractivity contribution in [1.29, 1.82) is 0 Å². The summed E-state index contributed by atoms with van der Waals surface area (Å²) in [7, 11) is 1.56. The third kappa shape index (κ3) is 5.86. The molecule has 0 atom stereocenters. The molecule has 0 unspecified atom stereocenters. The lowest BCUT2D eigenvalue weighted by atomic mass is 9.87. The van der Waals surface area contributed by atoms with Crippen LogP contribution in [-0.4, -0.2) is 36.5 Å². The van der Waals surface area contributed by atoms with Crippen LogP contribution in [0.1, 0.15) is 36.7 Å². The summed E-state index contributed by atoms with van der Waals surface area (Å²) in [6.07, 6.45) is 1.59. The molecule has 1 aromatic heterocycles. The molecular formula is C26H27N3O5S. The maximum atomic E-state index is 13.2. The second-order valence-electron chi connectivity index (χ2n) is 8.88. The monoisotopic (exact) mass is 493 g/mol. The maximum Gasteiger partial charge on any atom is 0.258 e. The van der Waals surface area contributed by atoms with Crippen molar-refractivity contribution in [3.05, 3.63) is 65.9 Å². The Balaban J connectivity index is 1.44. The summed E-state index contributed by atoms with van der Waals surface area (Å²) in [6, 6.07) is 14.3. The van der Waals surface area contributed by atoms with Gasteiger partial charge in [-0.2, -0.15) is 0 Å². The fraction of sp³-hybridized carbons (Fsp3) is 0.269. The molecular weight excluding hydrogens is 466 g/mol. The van der Waals surface area contributed by atoms with Crippen molar-refractivity contribution in [2.24, 2.45) is 0 Å². The first-order valence-corrected chi connectivity index (χ1v) is 12.0. The van der Waals surface area contributed by atoms with Crippen LogP contribution in [0.4, 0.5) is 11.4 Å². The van der Waals surface area contributed by atoms with E-state index in [2.05, 4.69) is 36.4 Å². The Morgan fingerprint density at radius 1 is 1.06 bits per heavy atom. The predicted molar refractivity (Wildman–Crippen MR) is 136 cm³/mol. The Hall–Kier alpha value is -3.72. The molecule has 2 N–H and O–H groups in total. The van der Waals surface area contributed by atoms with Crippen molar-refractivity contribution in [2.75, 3.05) is 30.3 Å². The highest BCUT2D eigenvalue weighted by Crippen LogP contribution is 2.35. The number of methoxy groups -OCH3 is 1. The molecule has 9 heteroatoms. The molecule has 2 heterocycles. The van der Waals surface area contributed by atoms with Crippen molar-refractivity contribution in [1.82, 2.24) is 4.98 Å². The average Bonchev–Trinajstić information content (AvgIpc) is 3.30. The van der Waals surface area contributed by atoms with Gasteiger partial charge in [-0.05, 0) is 47.4 Å². The number of aromatic nitrogens is 1. The van der Waals surface area contributed by atoms with Crippen LogP contribution in [-0.2, 0) is 10.2 Å². The van der Waals surface area contributed by atoms with E-state index in [9.17, 15) is 9.59 Å². The molecule has 0 saturated carbocycles. The molecule has 0 saturated heterocycles. The molecule has 3 aromatic rings. The summed E-state index contributed by atoms with van der Waals surface area (Å²) < 4.78 is 16.1. The lowest BCUT2D eigenvalue weighted by Gasteiger charge is -2.21. The molecule has 35 heavy (non-hydrogen) atoms. The number of ether oxygens (including phenoxy) is 3. The number of carbonyl (C=O) groups is 2. The van der Waals surface area contributed by atoms with Crippen molar-refractivity contribution >= 4 is 35.0 Å². The lowest BCUT2D eigenvalue weighted by Crippen LogP contribution is -2.17. The molecule has 0 radical (unpaired) electrons. The fourth-order valence-electron chi connectivity index (χ4n) is 3.45. The van der Waals surface area contributed by atoms with Gasteiger partial charge in [0.1, 0.15) is 10.8 Å². The molecule has 0 fully saturated rings. The second-order valence-corrected chi connectivity index (χ2v) is 9.84. The number of benzene rings is 2. The van der Waals surface area contributed by atoms with Gasteiger partial charge in [0.2, 0.25) is 12.7 Å². The number of anilines is 2. The minimum Gasteiger partial charge on any atom is -0.495 e. The Kier molecular flexibility index (Phi) is 7.16. The highest BCUT2D eigenvalue weighted by Gasteiger charge is 2.20. The number of amides is 2. The summed E-state index contributed by atoms with van der Waals surface area (Å²) in [4.78, 5) is 30.0. The van der Waals surface area contributed by atoms with Crippen LogP contribution >= 0.6 is 11.8 Å². The highest BCUT2D eigenvalue weighted by molar-refractivity contribution is 8.00. The number of thioether (sulfide) groups is 1. The molecule has 4 rings (SSSR count). The fourth-order valence-corrected chi connectivity index (χ4v) is 4.24. The second kappa shape index (κ2) is 10.3. The Morgan fingerprint density at radius 2 is 1.86 bits per heavy atom. The minimum atomic E-state index is -0.332. The number of nitrogens with one attached hydrogen (secondary N) is 2. The number of pyridine rings is 1. The summed E-state index contributed by atoms with van der Waals surface area (Å²) >= 11 is 1.18. The van der Waals surface area contributed by atoms with E-state index in [-0.39, 0.29) is 29.8 Å². The first-order valence-electron chi connectivity index (χ1n) is 11.0. The molecule has 2 amide bonds. The summed E-state index contributed by atoms with van der Waals surface area (Å²) in [5, 5.41) is 6.22. The van der Waals surface area contributed by atoms with Gasteiger partial charge in [0.05, 0.1) is 24.1 Å². The predicted octanol–water partition coefficient (Wildman–Crippen LogP) is 5.10. The van der Waals surface area contributed by atoms with Gasteiger partial charge in [-0.25, -0.2) is 4.98 Å². The van der Waals surface area contributed by atoms with E-state index in [1.165, 1.54) is 11.8 Å². The van der Waals surface area contributed by atoms with E-state index in [1.54, 1.807) is 43.6 Å². The van der Waals surface area contributed by atoms with Gasteiger partial charge >= 0.3 is 0 Å². The van der Waals surface area contributed by atoms with Gasteiger partial charge < -0.3 is 24.8 Å². The van der Waals surface area contributed by atoms with Gasteiger partial charge in [-0.1, -0.05) is 38.6 Å².